The fourth-order valence-electron chi connectivity index (χ4n) is 0. The second kappa shape index (κ2) is 25.7. The molecule has 0 aliphatic carbocycles. The summed E-state index contributed by atoms with van der Waals surface area (Å²) >= 11 is 0. The van der Waals surface area contributed by atoms with E-state index < -0.39 is 0 Å². The van der Waals surface area contributed by atoms with E-state index >= 15 is 0 Å². The van der Waals surface area contributed by atoms with Gasteiger partial charge < -0.3 is 27.7 Å². The van der Waals surface area contributed by atoms with Crippen LogP contribution in [0.1, 0.15) is 55.4 Å². The molecule has 0 fully saturated rings. The Morgan fingerprint density at radius 2 is 0.412 bits per heavy atom. The molecule has 0 aromatic rings. The van der Waals surface area contributed by atoms with Gasteiger partial charge in [0.1, 0.15) is 0 Å². The van der Waals surface area contributed by atoms with Gasteiger partial charge in [0.15, 0.2) is 0 Å². The molecule has 0 spiro atoms. The molecule has 0 heterocycles. The van der Waals surface area contributed by atoms with Crippen LogP contribution >= 0.6 is 0 Å². The number of hydrogen-bond acceptors (Lipinski definition) is 0. The molecular weight excluding hydrogens is 283 g/mol. The van der Waals surface area contributed by atoms with Gasteiger partial charge >= 0.3 is 26.2 Å². The zero-order chi connectivity index (χ0) is 14.3. The summed E-state index contributed by atoms with van der Waals surface area (Å²) in [5, 5.41) is 0. The molecule has 0 unspecified atom stereocenters. The van der Waals surface area contributed by atoms with E-state index in [0.717, 1.165) is 0 Å². The molecule has 0 aliphatic rings. The maximum atomic E-state index is 3.64. The second-order valence-electron chi connectivity index (χ2n) is 5.58. The minimum Gasteiger partial charge on any atom is -0.341 e. The molecule has 0 saturated carbocycles. The zero-order valence-corrected chi connectivity index (χ0v) is 16.1. The van der Waals surface area contributed by atoms with Crippen molar-refractivity contribution in [3.05, 3.63) is 27.7 Å². The first-order valence-electron chi connectivity index (χ1n) is 6.25. The van der Waals surface area contributed by atoms with Crippen molar-refractivity contribution in [1.82, 2.24) is 0 Å². The molecule has 0 rings (SSSR count). The molecule has 1 heteroatoms. The first-order chi connectivity index (χ1) is 6.93. The van der Waals surface area contributed by atoms with Crippen LogP contribution in [0.25, 0.3) is 0 Å². The van der Waals surface area contributed by atoms with Gasteiger partial charge in [-0.15, -0.1) is 0 Å². The van der Waals surface area contributed by atoms with Gasteiger partial charge in [0.2, 0.25) is 0 Å². The molecule has 0 saturated heterocycles. The molecule has 0 aliphatic heterocycles. The van der Waals surface area contributed by atoms with Crippen molar-refractivity contribution in [2.75, 3.05) is 0 Å². The minimum atomic E-state index is 0. The fourth-order valence-corrected chi connectivity index (χ4v) is 0. The molecule has 0 nitrogen and oxygen atoms in total. The Hall–Kier alpha value is 0.883. The summed E-state index contributed by atoms with van der Waals surface area (Å²) in [4.78, 5) is 0. The Morgan fingerprint density at radius 1 is 0.412 bits per heavy atom. The average molecular weight is 320 g/mol. The summed E-state index contributed by atoms with van der Waals surface area (Å²) in [6, 6.07) is 0. The normalized spacial score (nSPS) is 8.47. The largest absolute Gasteiger partial charge is 4.00 e. The van der Waals surface area contributed by atoms with Gasteiger partial charge in [-0.3, -0.25) is 0 Å². The van der Waals surface area contributed by atoms with E-state index in [9.17, 15) is 0 Å². The van der Waals surface area contributed by atoms with Crippen LogP contribution < -0.4 is 0 Å². The van der Waals surface area contributed by atoms with Crippen LogP contribution in [0.5, 0.6) is 0 Å². The number of hydrogen-bond donors (Lipinski definition) is 0. The Labute approximate surface area is 132 Å². The summed E-state index contributed by atoms with van der Waals surface area (Å²) in [7, 11) is 0. The quantitative estimate of drug-likeness (QED) is 0.487. The predicted molar refractivity (Wildman–Crippen MR) is 80.8 cm³/mol. The van der Waals surface area contributed by atoms with Crippen LogP contribution in [-0.4, -0.2) is 0 Å². The average Bonchev–Trinajstić information content (AvgIpc) is 1.76. The van der Waals surface area contributed by atoms with Gasteiger partial charge in [-0.1, -0.05) is 55.4 Å². The van der Waals surface area contributed by atoms with Crippen molar-refractivity contribution in [3.63, 3.8) is 0 Å². The van der Waals surface area contributed by atoms with Gasteiger partial charge in [-0.2, -0.15) is 23.7 Å². The Bertz CT molecular complexity index is 48.5. The van der Waals surface area contributed by atoms with Crippen LogP contribution in [0, 0.1) is 51.4 Å². The van der Waals surface area contributed by atoms with E-state index in [1.807, 2.05) is 0 Å². The first-order valence-corrected chi connectivity index (χ1v) is 6.25. The molecule has 0 N–H and O–H groups in total. The predicted octanol–water partition coefficient (Wildman–Crippen LogP) is 5.90. The summed E-state index contributed by atoms with van der Waals surface area (Å²) in [6.07, 6.45) is 0. The minimum absolute atomic E-state index is 0. The van der Waals surface area contributed by atoms with E-state index in [1.54, 1.807) is 0 Å². The van der Waals surface area contributed by atoms with Crippen LogP contribution in [0.4, 0.5) is 0 Å². The van der Waals surface area contributed by atoms with E-state index in [4.69, 9.17) is 0 Å². The van der Waals surface area contributed by atoms with Crippen molar-refractivity contribution in [2.45, 2.75) is 55.4 Å². The zero-order valence-electron chi connectivity index (χ0n) is 13.6. The van der Waals surface area contributed by atoms with Crippen molar-refractivity contribution in [3.8, 4) is 0 Å². The Balaban J connectivity index is -0.0000000369. The van der Waals surface area contributed by atoms with Crippen LogP contribution in [0.3, 0.4) is 0 Å². The maximum Gasteiger partial charge on any atom is 4.00 e. The van der Waals surface area contributed by atoms with E-state index in [2.05, 4.69) is 83.1 Å². The third-order valence-electron chi connectivity index (χ3n) is 0. The van der Waals surface area contributed by atoms with Crippen LogP contribution in [-0.2, 0) is 26.2 Å². The van der Waals surface area contributed by atoms with Crippen molar-refractivity contribution < 1.29 is 26.2 Å². The van der Waals surface area contributed by atoms with Crippen molar-refractivity contribution >= 4 is 0 Å². The molecule has 17 heavy (non-hydrogen) atoms. The second-order valence-corrected chi connectivity index (χ2v) is 5.58. The number of rotatable bonds is 0. The van der Waals surface area contributed by atoms with E-state index in [0.29, 0.717) is 23.7 Å². The first kappa shape index (κ1) is 30.7. The van der Waals surface area contributed by atoms with E-state index in [-0.39, 0.29) is 26.2 Å². The molecule has 0 aromatic carbocycles. The molecule has 0 amide bonds. The topological polar surface area (TPSA) is 0 Å². The molecule has 0 radical (unpaired) electrons. The SMILES string of the molecule is [CH2-]C(C)C.[CH2-]C(C)C.[CH2-]C(C)C.[CH2-]C(C)C.[Zr+4]. The monoisotopic (exact) mass is 318 g/mol. The van der Waals surface area contributed by atoms with Crippen LogP contribution in [0.2, 0.25) is 0 Å². The van der Waals surface area contributed by atoms with Gasteiger partial charge in [-0.25, -0.2) is 0 Å². The summed E-state index contributed by atoms with van der Waals surface area (Å²) < 4.78 is 0. The van der Waals surface area contributed by atoms with Gasteiger partial charge in [0, 0.05) is 0 Å². The fraction of sp³-hybridized carbons (Fsp3) is 0.750. The summed E-state index contributed by atoms with van der Waals surface area (Å²) in [6.45, 7) is 31.0. The third kappa shape index (κ3) is 4800. The standard InChI is InChI=1S/4C4H9.Zr/c4*1-4(2)3;/h4*4H,1H2,2-3H3;/q4*-1;+4. The molecule has 0 aromatic heterocycles. The van der Waals surface area contributed by atoms with Gasteiger partial charge in [0.05, 0.1) is 0 Å². The summed E-state index contributed by atoms with van der Waals surface area (Å²) in [5.41, 5.74) is 0. The molecular formula is C16H36Zr. The van der Waals surface area contributed by atoms with Crippen molar-refractivity contribution in [2.24, 2.45) is 23.7 Å². The van der Waals surface area contributed by atoms with E-state index in [1.165, 1.54) is 0 Å². The smallest absolute Gasteiger partial charge is 0.341 e. The maximum absolute atomic E-state index is 3.64. The van der Waals surface area contributed by atoms with Crippen molar-refractivity contribution in [1.29, 1.82) is 0 Å². The van der Waals surface area contributed by atoms with Gasteiger partial charge in [0.25, 0.3) is 0 Å². The third-order valence-corrected chi connectivity index (χ3v) is 0. The molecule has 104 valence electrons. The summed E-state index contributed by atoms with van der Waals surface area (Å²) in [5.74, 6) is 2.33. The molecule has 0 bridgehead atoms. The Morgan fingerprint density at radius 3 is 0.412 bits per heavy atom. The van der Waals surface area contributed by atoms with Gasteiger partial charge in [-0.05, 0) is 0 Å². The van der Waals surface area contributed by atoms with Crippen LogP contribution in [0.15, 0.2) is 0 Å². The molecule has 0 atom stereocenters. The Kier molecular flexibility index (Phi) is 46.4.